The predicted octanol–water partition coefficient (Wildman–Crippen LogP) is 6.50. The second kappa shape index (κ2) is 30.1. The molecule has 1 fully saturated rings. The molecule has 1 unspecified atom stereocenters. The molecule has 0 bridgehead atoms. The number of Topliss-reactive ketones (excluding diaryl/α,β-unsaturated/α-hetero) is 1. The van der Waals surface area contributed by atoms with E-state index in [1.54, 1.807) is 12.2 Å². The number of nitrogens with zero attached hydrogens (tertiary/aromatic N) is 1. The third kappa shape index (κ3) is 26.9. The van der Waals surface area contributed by atoms with Crippen molar-refractivity contribution in [2.24, 2.45) is 11.8 Å². The number of quaternary nitrogens is 1. The number of unbranched alkanes of at least 4 members (excludes halogenated alkanes) is 10. The summed E-state index contributed by atoms with van der Waals surface area (Å²) < 4.78 is 33.6. The Labute approximate surface area is 337 Å². The third-order valence-electron chi connectivity index (χ3n) is 9.93. The maximum absolute atomic E-state index is 12.8. The van der Waals surface area contributed by atoms with Crippen LogP contribution in [0.3, 0.4) is 0 Å². The van der Waals surface area contributed by atoms with Crippen molar-refractivity contribution in [3.05, 3.63) is 24.3 Å². The van der Waals surface area contributed by atoms with Crippen LogP contribution in [0.15, 0.2) is 24.3 Å². The zero-order valence-electron chi connectivity index (χ0n) is 35.2. The van der Waals surface area contributed by atoms with Crippen molar-refractivity contribution < 1.29 is 62.2 Å². The molecule has 3 N–H and O–H groups in total. The fourth-order valence-corrected chi connectivity index (χ4v) is 7.18. The van der Waals surface area contributed by atoms with E-state index < -0.39 is 69.2 Å². The number of rotatable bonds is 34. The van der Waals surface area contributed by atoms with Gasteiger partial charge in [0.05, 0.1) is 46.1 Å². The van der Waals surface area contributed by atoms with Crippen LogP contribution < -0.4 is 4.89 Å². The second-order valence-corrected chi connectivity index (χ2v) is 17.7. The van der Waals surface area contributed by atoms with Gasteiger partial charge in [0.25, 0.3) is 7.82 Å². The van der Waals surface area contributed by atoms with Crippen LogP contribution in [0.2, 0.25) is 0 Å². The van der Waals surface area contributed by atoms with Gasteiger partial charge in [-0.15, -0.1) is 0 Å². The molecule has 0 aliphatic heterocycles. The zero-order valence-corrected chi connectivity index (χ0v) is 36.0. The summed E-state index contributed by atoms with van der Waals surface area (Å²) in [5.74, 6) is -2.12. The SMILES string of the molecule is CCCC/C=C\CCCCCCCC(=O)O[C@H](COC(=O)CCCCC(=O)C[C@@H]1[C@@H](/C=C/[C@@H](O)CCCCC)[C@H](O)C[C@@H]1O)COP(=O)([O-])OCC[N+](C)(C)C. The number of allylic oxidation sites excluding steroid dienone is 2. The number of likely N-dealkylation sites (N-methyl/N-ethyl adjacent to an activating group) is 1. The van der Waals surface area contributed by atoms with Crippen molar-refractivity contribution in [1.29, 1.82) is 0 Å². The van der Waals surface area contributed by atoms with Gasteiger partial charge in [-0.2, -0.15) is 0 Å². The maximum atomic E-state index is 12.8. The van der Waals surface area contributed by atoms with Gasteiger partial charge in [0, 0.05) is 43.9 Å². The second-order valence-electron chi connectivity index (χ2n) is 16.3. The van der Waals surface area contributed by atoms with Gasteiger partial charge in [-0.25, -0.2) is 0 Å². The lowest BCUT2D eigenvalue weighted by Gasteiger charge is -2.28. The molecule has 1 aliphatic rings. The molecule has 1 rings (SSSR count). The molecular formula is C42H76NO12P. The minimum Gasteiger partial charge on any atom is -0.756 e. The quantitative estimate of drug-likeness (QED) is 0.0211. The smallest absolute Gasteiger partial charge is 0.306 e. The Morgan fingerprint density at radius 1 is 0.804 bits per heavy atom. The summed E-state index contributed by atoms with van der Waals surface area (Å²) in [6, 6.07) is 0. The zero-order chi connectivity index (χ0) is 41.8. The molecular weight excluding hydrogens is 741 g/mol. The third-order valence-corrected chi connectivity index (χ3v) is 10.9. The predicted molar refractivity (Wildman–Crippen MR) is 215 cm³/mol. The van der Waals surface area contributed by atoms with Gasteiger partial charge in [0.15, 0.2) is 6.10 Å². The molecule has 326 valence electrons. The Hall–Kier alpha value is -1.96. The van der Waals surface area contributed by atoms with Gasteiger partial charge >= 0.3 is 11.9 Å². The number of hydrogen-bond donors (Lipinski definition) is 3. The molecule has 0 amide bonds. The highest BCUT2D eigenvalue weighted by atomic mass is 31.2. The molecule has 1 saturated carbocycles. The normalized spacial score (nSPS) is 21.0. The van der Waals surface area contributed by atoms with Gasteiger partial charge in [0.2, 0.25) is 0 Å². The first-order valence-electron chi connectivity index (χ1n) is 21.2. The van der Waals surface area contributed by atoms with Crippen LogP contribution in [-0.4, -0.2) is 109 Å². The highest BCUT2D eigenvalue weighted by Crippen LogP contribution is 2.39. The number of esters is 2. The standard InChI is InChI=1S/C42H76NO12P/c1-6-8-10-11-12-13-14-15-16-17-19-25-42(49)55-36(33-54-56(50,51)53-29-28-43(3,4)5)32-52-41(48)24-21-20-23-35(45)30-38-37(39(46)31-40(38)47)27-26-34(44)22-18-9-7-2/h11-12,26-27,34,36-40,44,46-47H,6-10,13-25,28-33H2,1-5H3/b12-11-,27-26+/t34-,36+,37+,38+,39+,40-/m0/s1. The van der Waals surface area contributed by atoms with Gasteiger partial charge in [-0.05, 0) is 44.9 Å². The molecule has 1 aliphatic carbocycles. The molecule has 0 spiro atoms. The van der Waals surface area contributed by atoms with Crippen molar-refractivity contribution >= 4 is 25.5 Å². The molecule has 13 nitrogen and oxygen atoms in total. The molecule has 0 aromatic carbocycles. The van der Waals surface area contributed by atoms with Crippen molar-refractivity contribution in [3.8, 4) is 0 Å². The first-order valence-corrected chi connectivity index (χ1v) is 22.7. The van der Waals surface area contributed by atoms with Crippen molar-refractivity contribution in [2.75, 3.05) is 47.5 Å². The largest absolute Gasteiger partial charge is 0.756 e. The summed E-state index contributed by atoms with van der Waals surface area (Å²) in [7, 11) is 0.955. The van der Waals surface area contributed by atoms with E-state index in [0.29, 0.717) is 36.7 Å². The molecule has 0 aromatic heterocycles. The van der Waals surface area contributed by atoms with Gasteiger partial charge in [0.1, 0.15) is 25.5 Å². The van der Waals surface area contributed by atoms with Crippen LogP contribution >= 0.6 is 7.82 Å². The van der Waals surface area contributed by atoms with E-state index in [4.69, 9.17) is 18.5 Å². The topological polar surface area (TPSA) is 189 Å². The Morgan fingerprint density at radius 3 is 2.12 bits per heavy atom. The van der Waals surface area contributed by atoms with Crippen LogP contribution in [-0.2, 0) is 37.5 Å². The van der Waals surface area contributed by atoms with E-state index in [-0.39, 0.29) is 44.5 Å². The molecule has 56 heavy (non-hydrogen) atoms. The summed E-state index contributed by atoms with van der Waals surface area (Å²) in [6.45, 7) is 3.62. The van der Waals surface area contributed by atoms with Crippen LogP contribution in [0.4, 0.5) is 0 Å². The van der Waals surface area contributed by atoms with Crippen molar-refractivity contribution in [3.63, 3.8) is 0 Å². The van der Waals surface area contributed by atoms with Crippen molar-refractivity contribution in [1.82, 2.24) is 0 Å². The fourth-order valence-electron chi connectivity index (χ4n) is 6.45. The number of phosphoric ester groups is 1. The van der Waals surface area contributed by atoms with Crippen LogP contribution in [0.1, 0.15) is 142 Å². The number of aliphatic hydroxyl groups is 3. The Balaban J connectivity index is 2.55. The van der Waals surface area contributed by atoms with Crippen LogP contribution in [0, 0.1) is 11.8 Å². The van der Waals surface area contributed by atoms with E-state index in [9.17, 15) is 39.2 Å². The number of carbonyl (C=O) groups is 3. The number of phosphoric acid groups is 1. The maximum Gasteiger partial charge on any atom is 0.306 e. The highest BCUT2D eigenvalue weighted by Gasteiger charge is 2.41. The lowest BCUT2D eigenvalue weighted by atomic mass is 9.87. The van der Waals surface area contributed by atoms with E-state index in [2.05, 4.69) is 26.0 Å². The lowest BCUT2D eigenvalue weighted by molar-refractivity contribution is -0.870. The van der Waals surface area contributed by atoms with E-state index >= 15 is 0 Å². The summed E-state index contributed by atoms with van der Waals surface area (Å²) in [4.78, 5) is 50.4. The molecule has 0 heterocycles. The van der Waals surface area contributed by atoms with Crippen molar-refractivity contribution in [2.45, 2.75) is 167 Å². The monoisotopic (exact) mass is 818 g/mol. The van der Waals surface area contributed by atoms with Gasteiger partial charge in [-0.3, -0.25) is 18.9 Å². The number of aliphatic hydroxyl groups excluding tert-OH is 3. The lowest BCUT2D eigenvalue weighted by Crippen LogP contribution is -2.37. The first kappa shape index (κ1) is 52.1. The van der Waals surface area contributed by atoms with Crippen LogP contribution in [0.5, 0.6) is 0 Å². The number of ketones is 1. The minimum atomic E-state index is -4.71. The highest BCUT2D eigenvalue weighted by molar-refractivity contribution is 7.45. The molecule has 0 aromatic rings. The number of hydrogen-bond acceptors (Lipinski definition) is 12. The Kier molecular flexibility index (Phi) is 28.0. The number of ether oxygens (including phenoxy) is 2. The molecule has 14 heteroatoms. The van der Waals surface area contributed by atoms with Gasteiger partial charge in [-0.1, -0.05) is 89.5 Å². The van der Waals surface area contributed by atoms with E-state index in [1.807, 2.05) is 21.1 Å². The Morgan fingerprint density at radius 2 is 1.43 bits per heavy atom. The summed E-state index contributed by atoms with van der Waals surface area (Å²) >= 11 is 0. The molecule has 0 radical (unpaired) electrons. The van der Waals surface area contributed by atoms with E-state index in [0.717, 1.165) is 57.8 Å². The minimum absolute atomic E-state index is 0.0103. The fraction of sp³-hybridized carbons (Fsp3) is 0.833. The summed E-state index contributed by atoms with van der Waals surface area (Å²) in [6.07, 6.45) is 18.5. The van der Waals surface area contributed by atoms with Gasteiger partial charge < -0.3 is 43.2 Å². The summed E-state index contributed by atoms with van der Waals surface area (Å²) in [5.41, 5.74) is 0. The van der Waals surface area contributed by atoms with Crippen LogP contribution in [0.25, 0.3) is 0 Å². The average Bonchev–Trinajstić information content (AvgIpc) is 3.39. The average molecular weight is 818 g/mol. The Bertz CT molecular complexity index is 1190. The molecule has 0 saturated heterocycles. The van der Waals surface area contributed by atoms with E-state index in [1.165, 1.54) is 12.8 Å². The summed E-state index contributed by atoms with van der Waals surface area (Å²) in [5, 5.41) is 31.3. The number of carbonyl (C=O) groups excluding carboxylic acids is 3. The molecule has 7 atom stereocenters. The first-order chi connectivity index (χ1) is 26.6.